The van der Waals surface area contributed by atoms with Crippen LogP contribution in [0.2, 0.25) is 0 Å². The molecule has 0 bridgehead atoms. The highest BCUT2D eigenvalue weighted by molar-refractivity contribution is 8.76. The van der Waals surface area contributed by atoms with Gasteiger partial charge in [0.1, 0.15) is 30.8 Å². The van der Waals surface area contributed by atoms with Crippen molar-refractivity contribution in [3.8, 4) is 0 Å². The fourth-order valence-electron chi connectivity index (χ4n) is 4.35. The summed E-state index contributed by atoms with van der Waals surface area (Å²) in [5.41, 5.74) is 0.253. The molecule has 7 atom stereocenters. The first-order valence-electron chi connectivity index (χ1n) is 13.8. The number of hydrogen-bond donors (Lipinski definition) is 5. The molecule has 0 aromatic carbocycles. The summed E-state index contributed by atoms with van der Waals surface area (Å²) < 4.78 is 42.5. The summed E-state index contributed by atoms with van der Waals surface area (Å²) in [7, 11) is 5.17. The molecule has 0 aromatic rings. The number of morpholine rings is 1. The van der Waals surface area contributed by atoms with Gasteiger partial charge in [0.2, 0.25) is 12.3 Å². The average Bonchev–Trinajstić information content (AvgIpc) is 3.55. The molecule has 0 aromatic heterocycles. The molecule has 14 nitrogen and oxygen atoms in total. The predicted octanol–water partition coefficient (Wildman–Crippen LogP) is 0.512. The van der Waals surface area contributed by atoms with E-state index in [-0.39, 0.29) is 31.4 Å². The summed E-state index contributed by atoms with van der Waals surface area (Å²) in [6.45, 7) is 1.68. The topological polar surface area (TPSA) is 177 Å². The molecule has 3 aliphatic heterocycles. The number of aliphatic hydroxyl groups is 2. The van der Waals surface area contributed by atoms with Crippen LogP contribution in [0.3, 0.4) is 0 Å². The molecule has 0 spiro atoms. The Labute approximate surface area is 258 Å². The SMILES string of the molecule is CNC1CC(OP(=O)(OCC2OC(NC(=O)/C(C)=C\NC=O)CC2O)SCCSSCCN2CCOCC2)C(CO)O1. The number of nitrogens with zero attached hydrogens (tertiary/aromatic N) is 1. The third-order valence-electron chi connectivity index (χ3n) is 6.70. The van der Waals surface area contributed by atoms with Crippen molar-refractivity contribution in [2.24, 2.45) is 0 Å². The molecule has 42 heavy (non-hydrogen) atoms. The summed E-state index contributed by atoms with van der Waals surface area (Å²) >= 11 is 1.07. The van der Waals surface area contributed by atoms with E-state index in [2.05, 4.69) is 20.9 Å². The Morgan fingerprint density at radius 1 is 1.12 bits per heavy atom. The van der Waals surface area contributed by atoms with Crippen LogP contribution in [-0.4, -0.2) is 135 Å². The van der Waals surface area contributed by atoms with Gasteiger partial charge in [0, 0.05) is 61.5 Å². The maximum atomic E-state index is 13.9. The number of carbonyl (C=O) groups excluding carboxylic acids is 2. The van der Waals surface area contributed by atoms with Gasteiger partial charge < -0.3 is 35.1 Å². The lowest BCUT2D eigenvalue weighted by Gasteiger charge is -2.26. The van der Waals surface area contributed by atoms with Crippen molar-refractivity contribution in [1.29, 1.82) is 0 Å². The molecular weight excluding hydrogens is 631 g/mol. The molecule has 3 rings (SSSR count). The van der Waals surface area contributed by atoms with Crippen LogP contribution in [0.25, 0.3) is 0 Å². The molecule has 0 radical (unpaired) electrons. The van der Waals surface area contributed by atoms with Gasteiger partial charge in [-0.25, -0.2) is 4.57 Å². The summed E-state index contributed by atoms with van der Waals surface area (Å²) in [6, 6.07) is 0. The third kappa shape index (κ3) is 12.2. The van der Waals surface area contributed by atoms with E-state index in [1.165, 1.54) is 13.1 Å². The van der Waals surface area contributed by atoms with Gasteiger partial charge in [-0.2, -0.15) is 0 Å². The van der Waals surface area contributed by atoms with Crippen LogP contribution in [0.4, 0.5) is 0 Å². The molecule has 2 amide bonds. The molecule has 3 aliphatic rings. The molecule has 3 fully saturated rings. The molecule has 3 heterocycles. The van der Waals surface area contributed by atoms with Gasteiger partial charge in [-0.15, -0.1) is 0 Å². The van der Waals surface area contributed by atoms with Crippen LogP contribution in [0, 0.1) is 0 Å². The highest BCUT2D eigenvalue weighted by Crippen LogP contribution is 2.62. The first-order valence-corrected chi connectivity index (χ1v) is 19.5. The van der Waals surface area contributed by atoms with E-state index in [0.29, 0.717) is 24.3 Å². The molecule has 0 aliphatic carbocycles. The number of ether oxygens (including phenoxy) is 3. The Morgan fingerprint density at radius 2 is 1.86 bits per heavy atom. The minimum absolute atomic E-state index is 0.109. The van der Waals surface area contributed by atoms with E-state index in [4.69, 9.17) is 23.3 Å². The molecule has 7 unspecified atom stereocenters. The van der Waals surface area contributed by atoms with Gasteiger partial charge in [-0.05, 0) is 25.4 Å². The van der Waals surface area contributed by atoms with E-state index >= 15 is 0 Å². The van der Waals surface area contributed by atoms with Crippen molar-refractivity contribution >= 4 is 52.1 Å². The summed E-state index contributed by atoms with van der Waals surface area (Å²) in [5, 5.41) is 28.2. The molecule has 3 saturated heterocycles. The van der Waals surface area contributed by atoms with Gasteiger partial charge in [-0.1, -0.05) is 21.6 Å². The first-order chi connectivity index (χ1) is 20.3. The van der Waals surface area contributed by atoms with Crippen molar-refractivity contribution in [3.63, 3.8) is 0 Å². The predicted molar refractivity (Wildman–Crippen MR) is 163 cm³/mol. The van der Waals surface area contributed by atoms with Crippen molar-refractivity contribution in [3.05, 3.63) is 11.8 Å². The van der Waals surface area contributed by atoms with Gasteiger partial charge in [0.15, 0.2) is 0 Å². The lowest BCUT2D eigenvalue weighted by molar-refractivity contribution is -0.122. The van der Waals surface area contributed by atoms with Crippen molar-refractivity contribution in [1.82, 2.24) is 20.9 Å². The number of nitrogens with one attached hydrogen (secondary N) is 3. The Kier molecular flexibility index (Phi) is 16.5. The Morgan fingerprint density at radius 3 is 2.57 bits per heavy atom. The lowest BCUT2D eigenvalue weighted by Crippen LogP contribution is -2.37. The standard InChI is InChI=1S/C24H43N4O10PS3/c1-17(13-26-16-30)24(32)27-23-11-18(31)21(37-23)15-35-39(33,38-19-12-22(25-2)36-20(19)14-29)40-9-10-42-41-8-5-28-3-6-34-7-4-28/h13,16,18-23,25,29,31H,3-12,14-15H2,1-2H3,(H,26,30)(H,27,32)/b17-13-. The highest BCUT2D eigenvalue weighted by Gasteiger charge is 2.42. The first kappa shape index (κ1) is 36.1. The second-order valence-electron chi connectivity index (χ2n) is 9.74. The smallest absolute Gasteiger partial charge is 0.389 e. The number of hydrogen-bond acceptors (Lipinski definition) is 15. The fourth-order valence-corrected chi connectivity index (χ4v) is 10.6. The number of aliphatic hydroxyl groups excluding tert-OH is 2. The lowest BCUT2D eigenvalue weighted by atomic mass is 10.2. The summed E-state index contributed by atoms with van der Waals surface area (Å²) in [6.07, 6.45) is -2.10. The van der Waals surface area contributed by atoms with Gasteiger partial charge >= 0.3 is 6.80 Å². The van der Waals surface area contributed by atoms with Crippen LogP contribution >= 0.6 is 39.8 Å². The van der Waals surface area contributed by atoms with Gasteiger partial charge in [-0.3, -0.25) is 28.9 Å². The zero-order valence-electron chi connectivity index (χ0n) is 23.9. The summed E-state index contributed by atoms with van der Waals surface area (Å²) in [5.74, 6) is 1.71. The molecule has 0 saturated carbocycles. The van der Waals surface area contributed by atoms with E-state index in [1.807, 2.05) is 0 Å². The van der Waals surface area contributed by atoms with Gasteiger partial charge in [0.05, 0.1) is 32.5 Å². The van der Waals surface area contributed by atoms with Crippen molar-refractivity contribution in [2.75, 3.05) is 70.4 Å². The zero-order valence-corrected chi connectivity index (χ0v) is 27.2. The number of rotatable bonds is 19. The van der Waals surface area contributed by atoms with E-state index < -0.39 is 43.3 Å². The highest BCUT2D eigenvalue weighted by atomic mass is 33.1. The van der Waals surface area contributed by atoms with Crippen molar-refractivity contribution in [2.45, 2.75) is 56.6 Å². The van der Waals surface area contributed by atoms with Crippen LogP contribution in [0.1, 0.15) is 19.8 Å². The van der Waals surface area contributed by atoms with Gasteiger partial charge in [0.25, 0.3) is 0 Å². The third-order valence-corrected chi connectivity index (χ3v) is 13.1. The fraction of sp³-hybridized carbons (Fsp3) is 0.833. The molecular formula is C24H43N4O10PS3. The Balaban J connectivity index is 1.50. The summed E-state index contributed by atoms with van der Waals surface area (Å²) in [4.78, 5) is 25.1. The second kappa shape index (κ2) is 19.2. The normalized spacial score (nSPS) is 30.2. The second-order valence-corrected chi connectivity index (χ2v) is 16.6. The van der Waals surface area contributed by atoms with Crippen LogP contribution in [-0.2, 0) is 37.4 Å². The molecule has 18 heteroatoms. The maximum absolute atomic E-state index is 13.9. The molecule has 242 valence electrons. The van der Waals surface area contributed by atoms with E-state index in [0.717, 1.165) is 50.0 Å². The quantitative estimate of drug-likeness (QED) is 0.0421. The molecule has 5 N–H and O–H groups in total. The van der Waals surface area contributed by atoms with Crippen LogP contribution < -0.4 is 16.0 Å². The number of amides is 2. The van der Waals surface area contributed by atoms with E-state index in [1.54, 1.807) is 28.6 Å². The Hall–Kier alpha value is -0.400. The maximum Gasteiger partial charge on any atom is 0.389 e. The van der Waals surface area contributed by atoms with Crippen molar-refractivity contribution < 1.29 is 47.6 Å². The average molecular weight is 675 g/mol. The number of carbonyl (C=O) groups is 2. The minimum Gasteiger partial charge on any atom is -0.394 e. The zero-order chi connectivity index (χ0) is 30.4. The monoisotopic (exact) mass is 674 g/mol. The largest absolute Gasteiger partial charge is 0.394 e. The van der Waals surface area contributed by atoms with Crippen LogP contribution in [0.5, 0.6) is 0 Å². The Bertz CT molecular complexity index is 920. The van der Waals surface area contributed by atoms with Crippen LogP contribution in [0.15, 0.2) is 11.8 Å². The van der Waals surface area contributed by atoms with E-state index in [9.17, 15) is 24.4 Å². The minimum atomic E-state index is -3.76.